The molecule has 0 radical (unpaired) electrons. The van der Waals surface area contributed by atoms with Crippen molar-refractivity contribution >= 4 is 11.3 Å². The van der Waals surface area contributed by atoms with Crippen molar-refractivity contribution < 1.29 is 9.84 Å². The molecular formula is C17H22O2S. The summed E-state index contributed by atoms with van der Waals surface area (Å²) in [4.78, 5) is 2.60. The molecule has 0 spiro atoms. The van der Waals surface area contributed by atoms with Crippen molar-refractivity contribution in [2.45, 2.75) is 39.2 Å². The minimum Gasteiger partial charge on any atom is -0.494 e. The Balaban J connectivity index is 2.02. The number of thiophene rings is 1. The van der Waals surface area contributed by atoms with Crippen LogP contribution in [-0.2, 0) is 12.8 Å². The molecule has 0 bridgehead atoms. The van der Waals surface area contributed by atoms with Crippen molar-refractivity contribution in [1.29, 1.82) is 0 Å². The molecule has 2 aromatic rings. The summed E-state index contributed by atoms with van der Waals surface area (Å²) in [7, 11) is 0. The predicted molar refractivity (Wildman–Crippen MR) is 84.6 cm³/mol. The molecule has 0 saturated carbocycles. The molecule has 108 valence electrons. The van der Waals surface area contributed by atoms with Crippen LogP contribution < -0.4 is 4.74 Å². The first-order chi connectivity index (χ1) is 9.72. The van der Waals surface area contributed by atoms with E-state index in [4.69, 9.17) is 4.74 Å². The highest BCUT2D eigenvalue weighted by molar-refractivity contribution is 7.11. The molecule has 3 heteroatoms. The van der Waals surface area contributed by atoms with Crippen LogP contribution in [0.25, 0.3) is 0 Å². The lowest BCUT2D eigenvalue weighted by atomic mass is 10.1. The number of benzene rings is 1. The smallest absolute Gasteiger partial charge is 0.119 e. The second-order valence-corrected chi connectivity index (χ2v) is 6.12. The van der Waals surface area contributed by atoms with E-state index in [1.54, 1.807) is 11.3 Å². The first-order valence-corrected chi connectivity index (χ1v) is 8.03. The summed E-state index contributed by atoms with van der Waals surface area (Å²) in [5.41, 5.74) is 0.921. The zero-order chi connectivity index (χ0) is 14.4. The first-order valence-electron chi connectivity index (χ1n) is 7.21. The summed E-state index contributed by atoms with van der Waals surface area (Å²) in [6.45, 7) is 4.95. The molecule has 1 aromatic carbocycles. The maximum Gasteiger partial charge on any atom is 0.119 e. The van der Waals surface area contributed by atoms with Crippen molar-refractivity contribution in [3.8, 4) is 5.75 Å². The molecule has 1 heterocycles. The van der Waals surface area contributed by atoms with E-state index in [0.29, 0.717) is 13.0 Å². The first kappa shape index (κ1) is 15.1. The van der Waals surface area contributed by atoms with Crippen LogP contribution in [0.2, 0.25) is 0 Å². The Labute approximate surface area is 125 Å². The monoisotopic (exact) mass is 290 g/mol. The lowest BCUT2D eigenvalue weighted by Crippen LogP contribution is -2.02. The zero-order valence-corrected chi connectivity index (χ0v) is 13.0. The van der Waals surface area contributed by atoms with Gasteiger partial charge in [-0.05, 0) is 42.7 Å². The number of hydrogen-bond donors (Lipinski definition) is 1. The normalized spacial score (nSPS) is 12.3. The van der Waals surface area contributed by atoms with E-state index in [-0.39, 0.29) is 0 Å². The van der Waals surface area contributed by atoms with Crippen LogP contribution in [0, 0.1) is 0 Å². The number of ether oxygens (including phenoxy) is 1. The Morgan fingerprint density at radius 2 is 1.95 bits per heavy atom. The summed E-state index contributed by atoms with van der Waals surface area (Å²) in [5, 5.41) is 10.4. The highest BCUT2D eigenvalue weighted by Crippen LogP contribution is 2.26. The van der Waals surface area contributed by atoms with E-state index in [2.05, 4.69) is 26.0 Å². The third-order valence-electron chi connectivity index (χ3n) is 3.18. The molecule has 20 heavy (non-hydrogen) atoms. The van der Waals surface area contributed by atoms with Gasteiger partial charge in [0.15, 0.2) is 0 Å². The Kier molecular flexibility index (Phi) is 5.62. The summed E-state index contributed by atoms with van der Waals surface area (Å²) in [5.74, 6) is 0.837. The summed E-state index contributed by atoms with van der Waals surface area (Å²) in [6.07, 6.45) is 2.24. The lowest BCUT2D eigenvalue weighted by Gasteiger charge is -2.12. The molecule has 0 saturated heterocycles. The minimum absolute atomic E-state index is 0.469. The number of rotatable bonds is 7. The average Bonchev–Trinajstić information content (AvgIpc) is 2.93. The van der Waals surface area contributed by atoms with Crippen LogP contribution in [0.15, 0.2) is 36.4 Å². The van der Waals surface area contributed by atoms with Gasteiger partial charge in [0.05, 0.1) is 12.7 Å². The third kappa shape index (κ3) is 4.09. The van der Waals surface area contributed by atoms with Crippen LogP contribution in [0.4, 0.5) is 0 Å². The lowest BCUT2D eigenvalue weighted by molar-refractivity contribution is 0.179. The maximum absolute atomic E-state index is 10.4. The summed E-state index contributed by atoms with van der Waals surface area (Å²) >= 11 is 1.78. The Morgan fingerprint density at radius 3 is 2.65 bits per heavy atom. The van der Waals surface area contributed by atoms with Gasteiger partial charge in [0.1, 0.15) is 5.75 Å². The Hall–Kier alpha value is -1.32. The molecular weight excluding hydrogens is 268 g/mol. The molecule has 0 aliphatic carbocycles. The Morgan fingerprint density at radius 1 is 1.15 bits per heavy atom. The fourth-order valence-corrected chi connectivity index (χ4v) is 3.06. The summed E-state index contributed by atoms with van der Waals surface area (Å²) in [6, 6.07) is 12.0. The maximum atomic E-state index is 10.4. The number of aryl methyl sites for hydroxylation is 1. The third-order valence-corrected chi connectivity index (χ3v) is 4.43. The van der Waals surface area contributed by atoms with E-state index >= 15 is 0 Å². The van der Waals surface area contributed by atoms with Crippen LogP contribution in [0.1, 0.15) is 41.7 Å². The van der Waals surface area contributed by atoms with Crippen molar-refractivity contribution in [3.63, 3.8) is 0 Å². The van der Waals surface area contributed by atoms with E-state index in [1.807, 2.05) is 24.3 Å². The fraction of sp³-hybridized carbons (Fsp3) is 0.412. The van der Waals surface area contributed by atoms with Crippen molar-refractivity contribution in [2.75, 3.05) is 6.61 Å². The largest absolute Gasteiger partial charge is 0.494 e. The zero-order valence-electron chi connectivity index (χ0n) is 12.1. The molecule has 0 amide bonds. The minimum atomic E-state index is -0.469. The second-order valence-electron chi connectivity index (χ2n) is 4.86. The van der Waals surface area contributed by atoms with Gasteiger partial charge < -0.3 is 9.84 Å². The SMILES string of the molecule is CCCOc1cccc(C(O)Cc2ccc(CC)s2)c1. The van der Waals surface area contributed by atoms with E-state index in [1.165, 1.54) is 9.75 Å². The van der Waals surface area contributed by atoms with Crippen molar-refractivity contribution in [2.24, 2.45) is 0 Å². The molecule has 1 aromatic heterocycles. The van der Waals surface area contributed by atoms with Crippen LogP contribution in [0.3, 0.4) is 0 Å². The van der Waals surface area contributed by atoms with E-state index < -0.39 is 6.10 Å². The standard InChI is InChI=1S/C17H22O2S/c1-3-10-19-14-7-5-6-13(11-14)17(18)12-16-9-8-15(4-2)20-16/h5-9,11,17-18H,3-4,10,12H2,1-2H3. The fourth-order valence-electron chi connectivity index (χ4n) is 2.06. The molecule has 1 N–H and O–H groups in total. The van der Waals surface area contributed by atoms with Gasteiger partial charge in [0.25, 0.3) is 0 Å². The van der Waals surface area contributed by atoms with Crippen molar-refractivity contribution in [1.82, 2.24) is 0 Å². The molecule has 1 unspecified atom stereocenters. The molecule has 0 aliphatic rings. The van der Waals surface area contributed by atoms with Crippen LogP contribution in [0.5, 0.6) is 5.75 Å². The topological polar surface area (TPSA) is 29.5 Å². The van der Waals surface area contributed by atoms with Crippen molar-refractivity contribution in [3.05, 3.63) is 51.7 Å². The molecule has 2 nitrogen and oxygen atoms in total. The summed E-state index contributed by atoms with van der Waals surface area (Å²) < 4.78 is 5.61. The number of hydrogen-bond acceptors (Lipinski definition) is 3. The van der Waals surface area contributed by atoms with E-state index in [0.717, 1.165) is 24.2 Å². The van der Waals surface area contributed by atoms with Gasteiger partial charge in [-0.25, -0.2) is 0 Å². The van der Waals surface area contributed by atoms with Gasteiger partial charge in [-0.2, -0.15) is 0 Å². The molecule has 2 rings (SSSR count). The van der Waals surface area contributed by atoms with E-state index in [9.17, 15) is 5.11 Å². The second kappa shape index (κ2) is 7.46. The van der Waals surface area contributed by atoms with Gasteiger partial charge in [-0.15, -0.1) is 11.3 Å². The van der Waals surface area contributed by atoms with Gasteiger partial charge in [0, 0.05) is 16.2 Å². The van der Waals surface area contributed by atoms with Crippen LogP contribution >= 0.6 is 11.3 Å². The van der Waals surface area contributed by atoms with Gasteiger partial charge in [-0.3, -0.25) is 0 Å². The Bertz CT molecular complexity index is 533. The highest BCUT2D eigenvalue weighted by Gasteiger charge is 2.11. The van der Waals surface area contributed by atoms with Crippen LogP contribution in [-0.4, -0.2) is 11.7 Å². The predicted octanol–water partition coefficient (Wildman–Crippen LogP) is 4.38. The molecule has 1 atom stereocenters. The van der Waals surface area contributed by atoms with Gasteiger partial charge >= 0.3 is 0 Å². The number of aliphatic hydroxyl groups excluding tert-OH is 1. The molecule has 0 fully saturated rings. The quantitative estimate of drug-likeness (QED) is 0.820. The molecule has 0 aliphatic heterocycles. The number of aliphatic hydroxyl groups is 1. The highest BCUT2D eigenvalue weighted by atomic mass is 32.1. The van der Waals surface area contributed by atoms with Gasteiger partial charge in [-0.1, -0.05) is 26.0 Å². The van der Waals surface area contributed by atoms with Gasteiger partial charge in [0.2, 0.25) is 0 Å². The average molecular weight is 290 g/mol.